The molecule has 0 saturated carbocycles. The van der Waals surface area contributed by atoms with Gasteiger partial charge < -0.3 is 10.2 Å². The number of aliphatic carboxylic acids is 1. The summed E-state index contributed by atoms with van der Waals surface area (Å²) in [5.41, 5.74) is 0. The van der Waals surface area contributed by atoms with Gasteiger partial charge in [0.25, 0.3) is 0 Å². The monoisotopic (exact) mass is 211 g/mol. The molecule has 2 N–H and O–H groups in total. The van der Waals surface area contributed by atoms with Crippen molar-refractivity contribution in [2.24, 2.45) is 4.99 Å². The van der Waals surface area contributed by atoms with Gasteiger partial charge in [0.1, 0.15) is 6.20 Å². The summed E-state index contributed by atoms with van der Waals surface area (Å²) in [5, 5.41) is 18.5. The lowest BCUT2D eigenvalue weighted by atomic mass is 10.2. The van der Waals surface area contributed by atoms with Crippen molar-refractivity contribution in [2.75, 3.05) is 6.54 Å². The number of carboxylic acid groups (broad SMARTS) is 1. The van der Waals surface area contributed by atoms with Crippen molar-refractivity contribution in [2.45, 2.75) is 19.6 Å². The molecule has 0 amide bonds. The van der Waals surface area contributed by atoms with Gasteiger partial charge in [-0.3, -0.25) is 0 Å². The Labute approximate surface area is 88.3 Å². The molecule has 2 unspecified atom stereocenters. The quantitative estimate of drug-likeness (QED) is 0.519. The molecule has 1 aliphatic rings. The Hall–Kier alpha value is -1.46. The number of carbonyl (C=O) groups is 1. The molecule has 0 fully saturated rings. The zero-order chi connectivity index (χ0) is 11.5. The average molecular weight is 211 g/mol. The first kappa shape index (κ1) is 11.6. The van der Waals surface area contributed by atoms with Gasteiger partial charge in [0.2, 0.25) is 5.84 Å². The normalized spacial score (nSPS) is 26.1. The molecule has 0 aromatic rings. The predicted octanol–water partition coefficient (Wildman–Crippen LogP) is 0.685. The van der Waals surface area contributed by atoms with Crippen LogP contribution in [0.2, 0.25) is 0 Å². The van der Waals surface area contributed by atoms with E-state index in [1.165, 1.54) is 6.20 Å². The summed E-state index contributed by atoms with van der Waals surface area (Å²) < 4.78 is -0.138. The fraction of sp³-hybridized carbons (Fsp3) is 0.400. The van der Waals surface area contributed by atoms with Gasteiger partial charge in [-0.05, 0) is 0 Å². The molecule has 1 heterocycles. The molecule has 0 aromatic carbocycles. The number of aliphatic imine (C=N–C) groups is 1. The average Bonchev–Trinajstić information content (AvgIpc) is 2.49. The van der Waals surface area contributed by atoms with Crippen LogP contribution < -0.4 is 0 Å². The number of carboxylic acids is 1. The summed E-state index contributed by atoms with van der Waals surface area (Å²) in [6.07, 6.45) is 4.39. The molecule has 5 heteroatoms. The lowest BCUT2D eigenvalue weighted by Gasteiger charge is -2.32. The Morgan fingerprint density at radius 2 is 2.47 bits per heavy atom. The maximum Gasteiger partial charge on any atom is 0.360 e. The van der Waals surface area contributed by atoms with Gasteiger partial charge in [-0.25, -0.2) is 14.3 Å². The van der Waals surface area contributed by atoms with Crippen LogP contribution in [0.5, 0.6) is 0 Å². The Bertz CT molecular complexity index is 334. The zero-order valence-corrected chi connectivity index (χ0v) is 8.63. The summed E-state index contributed by atoms with van der Waals surface area (Å²) in [6.45, 7) is 4.93. The number of amidine groups is 1. The van der Waals surface area contributed by atoms with Crippen LogP contribution in [0.15, 0.2) is 30.0 Å². The Morgan fingerprint density at radius 3 is 2.93 bits per heavy atom. The standard InChI is InChI=1S/C10H14N2O3/c1-3-4-9-11-5-6-12(9,8(2)13)7-10(14)15/h3,5-6,8,13H,1,4,7H2,2H3/p+1. The van der Waals surface area contributed by atoms with Crippen molar-refractivity contribution >= 4 is 11.8 Å². The van der Waals surface area contributed by atoms with E-state index in [4.69, 9.17) is 5.11 Å². The second-order valence-corrected chi connectivity index (χ2v) is 3.45. The van der Waals surface area contributed by atoms with Gasteiger partial charge in [-0.2, -0.15) is 0 Å². The Balaban J connectivity index is 3.00. The van der Waals surface area contributed by atoms with E-state index in [0.29, 0.717) is 12.3 Å². The Kier molecular flexibility index (Phi) is 3.39. The van der Waals surface area contributed by atoms with Crippen molar-refractivity contribution < 1.29 is 19.5 Å². The van der Waals surface area contributed by atoms with Crippen molar-refractivity contribution in [1.82, 2.24) is 0 Å². The number of aliphatic hydroxyl groups excluding tert-OH is 1. The topological polar surface area (TPSA) is 69.9 Å². The molecular weight excluding hydrogens is 196 g/mol. The molecule has 82 valence electrons. The van der Waals surface area contributed by atoms with Crippen molar-refractivity contribution in [3.05, 3.63) is 25.1 Å². The summed E-state index contributed by atoms with van der Waals surface area (Å²) >= 11 is 0. The van der Waals surface area contributed by atoms with Crippen LogP contribution in [0.25, 0.3) is 0 Å². The SMILES string of the molecule is C=CCC1=NC=C[N+]1(CC(=O)O)C(C)O. The predicted molar refractivity (Wildman–Crippen MR) is 55.8 cm³/mol. The fourth-order valence-corrected chi connectivity index (χ4v) is 1.62. The third kappa shape index (κ3) is 2.14. The minimum Gasteiger partial charge on any atom is -0.477 e. The van der Waals surface area contributed by atoms with E-state index >= 15 is 0 Å². The van der Waals surface area contributed by atoms with Crippen LogP contribution in [0, 0.1) is 0 Å². The summed E-state index contributed by atoms with van der Waals surface area (Å²) in [7, 11) is 0. The van der Waals surface area contributed by atoms with Gasteiger partial charge in [-0.1, -0.05) is 6.08 Å². The van der Waals surface area contributed by atoms with Crippen LogP contribution in [-0.4, -0.2) is 39.3 Å². The maximum atomic E-state index is 10.8. The van der Waals surface area contributed by atoms with Crippen molar-refractivity contribution in [3.8, 4) is 0 Å². The second kappa shape index (κ2) is 4.37. The first-order valence-electron chi connectivity index (χ1n) is 4.66. The van der Waals surface area contributed by atoms with Crippen LogP contribution in [0.3, 0.4) is 0 Å². The van der Waals surface area contributed by atoms with Gasteiger partial charge in [0.05, 0.1) is 12.6 Å². The van der Waals surface area contributed by atoms with Crippen molar-refractivity contribution in [3.63, 3.8) is 0 Å². The molecule has 15 heavy (non-hydrogen) atoms. The lowest BCUT2D eigenvalue weighted by molar-refractivity contribution is -0.832. The van der Waals surface area contributed by atoms with Gasteiger partial charge in [-0.15, -0.1) is 6.58 Å². The zero-order valence-electron chi connectivity index (χ0n) is 8.63. The molecule has 0 aromatic heterocycles. The minimum atomic E-state index is -0.973. The second-order valence-electron chi connectivity index (χ2n) is 3.45. The van der Waals surface area contributed by atoms with E-state index in [1.54, 1.807) is 19.2 Å². The highest BCUT2D eigenvalue weighted by atomic mass is 16.4. The smallest absolute Gasteiger partial charge is 0.360 e. The van der Waals surface area contributed by atoms with Crippen LogP contribution in [-0.2, 0) is 4.79 Å². The minimum absolute atomic E-state index is 0.138. The van der Waals surface area contributed by atoms with E-state index in [9.17, 15) is 9.90 Å². The van der Waals surface area contributed by atoms with E-state index < -0.39 is 12.2 Å². The van der Waals surface area contributed by atoms with E-state index in [-0.39, 0.29) is 11.0 Å². The molecule has 0 aliphatic carbocycles. The van der Waals surface area contributed by atoms with Gasteiger partial charge in [0.15, 0.2) is 12.8 Å². The molecular formula is C10H15N2O3+. The Morgan fingerprint density at radius 1 is 1.80 bits per heavy atom. The highest BCUT2D eigenvalue weighted by molar-refractivity contribution is 5.82. The molecule has 0 bridgehead atoms. The third-order valence-electron chi connectivity index (χ3n) is 2.43. The summed E-state index contributed by atoms with van der Waals surface area (Å²) in [5.74, 6) is -0.374. The lowest BCUT2D eigenvalue weighted by Crippen LogP contribution is -2.55. The fourth-order valence-electron chi connectivity index (χ4n) is 1.62. The number of hydrogen-bond acceptors (Lipinski definition) is 3. The highest BCUT2D eigenvalue weighted by Crippen LogP contribution is 2.22. The number of hydrogen-bond donors (Lipinski definition) is 2. The van der Waals surface area contributed by atoms with Crippen molar-refractivity contribution in [1.29, 1.82) is 0 Å². The molecule has 1 aliphatic heterocycles. The summed E-state index contributed by atoms with van der Waals surface area (Å²) in [4.78, 5) is 14.8. The number of rotatable bonds is 5. The molecule has 2 atom stereocenters. The van der Waals surface area contributed by atoms with Crippen LogP contribution in [0.1, 0.15) is 13.3 Å². The largest absolute Gasteiger partial charge is 0.477 e. The van der Waals surface area contributed by atoms with E-state index in [2.05, 4.69) is 11.6 Å². The van der Waals surface area contributed by atoms with E-state index in [0.717, 1.165) is 0 Å². The van der Waals surface area contributed by atoms with Crippen LogP contribution in [0.4, 0.5) is 0 Å². The number of aliphatic hydroxyl groups is 1. The number of quaternary nitrogens is 1. The van der Waals surface area contributed by atoms with Gasteiger partial charge >= 0.3 is 5.97 Å². The molecule has 0 spiro atoms. The van der Waals surface area contributed by atoms with E-state index in [1.807, 2.05) is 0 Å². The summed E-state index contributed by atoms with van der Waals surface area (Å²) in [6, 6.07) is 0. The highest BCUT2D eigenvalue weighted by Gasteiger charge is 2.41. The first-order valence-corrected chi connectivity index (χ1v) is 4.66. The molecule has 1 rings (SSSR count). The molecule has 0 saturated heterocycles. The third-order valence-corrected chi connectivity index (χ3v) is 2.43. The first-order chi connectivity index (χ1) is 7.03. The number of nitrogens with zero attached hydrogens (tertiary/aromatic N) is 2. The van der Waals surface area contributed by atoms with Gasteiger partial charge in [0, 0.05) is 6.92 Å². The molecule has 0 radical (unpaired) electrons. The maximum absolute atomic E-state index is 10.8. The molecule has 5 nitrogen and oxygen atoms in total. The van der Waals surface area contributed by atoms with Crippen LogP contribution >= 0.6 is 0 Å².